The first-order valence-electron chi connectivity index (χ1n) is 7.35. The highest BCUT2D eigenvalue weighted by atomic mass is 35.5. The van der Waals surface area contributed by atoms with Gasteiger partial charge < -0.3 is 10.1 Å². The van der Waals surface area contributed by atoms with Gasteiger partial charge in [-0.2, -0.15) is 0 Å². The Hall–Kier alpha value is -1.98. The summed E-state index contributed by atoms with van der Waals surface area (Å²) in [6.45, 7) is 3.74. The molecule has 0 spiro atoms. The van der Waals surface area contributed by atoms with Gasteiger partial charge in [-0.15, -0.1) is 11.8 Å². The Bertz CT molecular complexity index is 749. The molecule has 24 heavy (non-hydrogen) atoms. The fourth-order valence-electron chi connectivity index (χ4n) is 1.90. The lowest BCUT2D eigenvalue weighted by molar-refractivity contribution is -0.144. The van der Waals surface area contributed by atoms with Crippen LogP contribution in [0, 0.1) is 13.8 Å². The van der Waals surface area contributed by atoms with Gasteiger partial charge in [0.2, 0.25) is 0 Å². The highest BCUT2D eigenvalue weighted by Gasteiger charge is 2.09. The van der Waals surface area contributed by atoms with Crippen LogP contribution >= 0.6 is 23.4 Å². The van der Waals surface area contributed by atoms with Crippen molar-refractivity contribution >= 4 is 40.9 Å². The Kier molecular flexibility index (Phi) is 6.70. The number of amides is 1. The quantitative estimate of drug-likeness (QED) is 0.616. The number of anilines is 1. The monoisotopic (exact) mass is 363 g/mol. The van der Waals surface area contributed by atoms with Gasteiger partial charge in [0, 0.05) is 15.6 Å². The number of hydrogen-bond acceptors (Lipinski definition) is 4. The lowest BCUT2D eigenvalue weighted by Crippen LogP contribution is -2.21. The number of ether oxygens (including phenoxy) is 1. The van der Waals surface area contributed by atoms with Gasteiger partial charge in [0.05, 0.1) is 5.75 Å². The maximum atomic E-state index is 11.7. The molecule has 0 aromatic heterocycles. The number of carbonyl (C=O) groups excluding carboxylic acids is 2. The molecule has 1 amide bonds. The number of rotatable bonds is 6. The highest BCUT2D eigenvalue weighted by Crippen LogP contribution is 2.21. The van der Waals surface area contributed by atoms with Gasteiger partial charge in [0.1, 0.15) is 0 Å². The largest absolute Gasteiger partial charge is 0.455 e. The molecule has 2 aromatic carbocycles. The fourth-order valence-corrected chi connectivity index (χ4v) is 2.88. The van der Waals surface area contributed by atoms with Crippen LogP contribution in [0.25, 0.3) is 0 Å². The molecule has 0 bridgehead atoms. The zero-order chi connectivity index (χ0) is 17.5. The van der Waals surface area contributed by atoms with Crippen molar-refractivity contribution in [3.8, 4) is 0 Å². The second kappa shape index (κ2) is 8.76. The first kappa shape index (κ1) is 18.4. The molecule has 0 aliphatic carbocycles. The number of hydrogen-bond donors (Lipinski definition) is 1. The lowest BCUT2D eigenvalue weighted by atomic mass is 10.1. The highest BCUT2D eigenvalue weighted by molar-refractivity contribution is 8.00. The summed E-state index contributed by atoms with van der Waals surface area (Å²) in [5, 5.41) is 3.14. The summed E-state index contributed by atoms with van der Waals surface area (Å²) in [5.74, 6) is -0.672. The Labute approximate surface area is 150 Å². The standard InChI is InChI=1S/C18H18ClNO3S/c1-12-6-7-16(8-13(12)2)24-11-18(22)23-10-17(21)20-15-5-3-4-14(19)9-15/h3-9H,10-11H2,1-2H3,(H,20,21). The van der Waals surface area contributed by atoms with Crippen LogP contribution in [0.15, 0.2) is 47.4 Å². The van der Waals surface area contributed by atoms with Gasteiger partial charge >= 0.3 is 5.97 Å². The van der Waals surface area contributed by atoms with E-state index in [2.05, 4.69) is 5.32 Å². The average Bonchev–Trinajstić information content (AvgIpc) is 2.54. The second-order valence-corrected chi connectivity index (χ2v) is 6.74. The van der Waals surface area contributed by atoms with E-state index in [0.29, 0.717) is 10.7 Å². The zero-order valence-electron chi connectivity index (χ0n) is 13.5. The summed E-state index contributed by atoms with van der Waals surface area (Å²) in [6.07, 6.45) is 0. The lowest BCUT2D eigenvalue weighted by Gasteiger charge is -2.07. The average molecular weight is 364 g/mol. The molecule has 2 aromatic rings. The van der Waals surface area contributed by atoms with Crippen LogP contribution in [-0.4, -0.2) is 24.2 Å². The van der Waals surface area contributed by atoms with E-state index < -0.39 is 11.9 Å². The number of carbonyl (C=O) groups is 2. The van der Waals surface area contributed by atoms with Gasteiger partial charge in [-0.1, -0.05) is 23.7 Å². The topological polar surface area (TPSA) is 55.4 Å². The van der Waals surface area contributed by atoms with Crippen LogP contribution in [0.1, 0.15) is 11.1 Å². The summed E-state index contributed by atoms with van der Waals surface area (Å²) in [4.78, 5) is 24.5. The number of esters is 1. The first-order valence-corrected chi connectivity index (χ1v) is 8.71. The number of aryl methyl sites for hydroxylation is 2. The van der Waals surface area contributed by atoms with Crippen LogP contribution in [0.2, 0.25) is 5.02 Å². The fraction of sp³-hybridized carbons (Fsp3) is 0.222. The number of nitrogens with one attached hydrogen (secondary N) is 1. The van der Waals surface area contributed by atoms with Gasteiger partial charge in [-0.3, -0.25) is 9.59 Å². The van der Waals surface area contributed by atoms with Crippen LogP contribution < -0.4 is 5.32 Å². The van der Waals surface area contributed by atoms with Crippen molar-refractivity contribution in [2.24, 2.45) is 0 Å². The zero-order valence-corrected chi connectivity index (χ0v) is 15.0. The molecule has 0 saturated heterocycles. The van der Waals surface area contributed by atoms with E-state index in [1.54, 1.807) is 24.3 Å². The molecule has 0 aliphatic heterocycles. The molecule has 2 rings (SSSR count). The third-order valence-electron chi connectivity index (χ3n) is 3.31. The summed E-state index contributed by atoms with van der Waals surface area (Å²) in [7, 11) is 0. The van der Waals surface area contributed by atoms with E-state index in [-0.39, 0.29) is 12.4 Å². The third kappa shape index (κ3) is 5.91. The van der Waals surface area contributed by atoms with E-state index >= 15 is 0 Å². The molecule has 1 N–H and O–H groups in total. The molecule has 0 radical (unpaired) electrons. The maximum Gasteiger partial charge on any atom is 0.316 e. The number of halogens is 1. The smallest absolute Gasteiger partial charge is 0.316 e. The van der Waals surface area contributed by atoms with Gasteiger partial charge in [-0.25, -0.2) is 0 Å². The van der Waals surface area contributed by atoms with Crippen molar-refractivity contribution in [3.63, 3.8) is 0 Å². The molecular formula is C18H18ClNO3S. The minimum atomic E-state index is -0.431. The molecule has 4 nitrogen and oxygen atoms in total. The summed E-state index contributed by atoms with van der Waals surface area (Å²) >= 11 is 7.22. The normalized spacial score (nSPS) is 10.3. The predicted molar refractivity (Wildman–Crippen MR) is 97.7 cm³/mol. The van der Waals surface area contributed by atoms with Crippen LogP contribution in [-0.2, 0) is 14.3 Å². The van der Waals surface area contributed by atoms with Crippen LogP contribution in [0.5, 0.6) is 0 Å². The van der Waals surface area contributed by atoms with Crippen molar-refractivity contribution in [3.05, 3.63) is 58.6 Å². The van der Waals surface area contributed by atoms with E-state index in [4.69, 9.17) is 16.3 Å². The van der Waals surface area contributed by atoms with Crippen molar-refractivity contribution in [2.45, 2.75) is 18.7 Å². The Morgan fingerprint density at radius 1 is 1.12 bits per heavy atom. The van der Waals surface area contributed by atoms with Crippen molar-refractivity contribution in [1.82, 2.24) is 0 Å². The Morgan fingerprint density at radius 2 is 1.92 bits per heavy atom. The van der Waals surface area contributed by atoms with E-state index in [0.717, 1.165) is 4.90 Å². The summed E-state index contributed by atoms with van der Waals surface area (Å²) < 4.78 is 4.98. The van der Waals surface area contributed by atoms with Crippen molar-refractivity contribution in [2.75, 3.05) is 17.7 Å². The molecule has 0 unspecified atom stereocenters. The molecule has 0 fully saturated rings. The van der Waals surface area contributed by atoms with Crippen molar-refractivity contribution in [1.29, 1.82) is 0 Å². The molecule has 0 aliphatic rings. The Morgan fingerprint density at radius 3 is 2.62 bits per heavy atom. The number of thioether (sulfide) groups is 1. The van der Waals surface area contributed by atoms with Crippen LogP contribution in [0.3, 0.4) is 0 Å². The summed E-state index contributed by atoms with van der Waals surface area (Å²) in [6, 6.07) is 12.8. The van der Waals surface area contributed by atoms with Crippen LogP contribution in [0.4, 0.5) is 5.69 Å². The SMILES string of the molecule is Cc1ccc(SCC(=O)OCC(=O)Nc2cccc(Cl)c2)cc1C. The predicted octanol–water partition coefficient (Wildman–Crippen LogP) is 4.23. The third-order valence-corrected chi connectivity index (χ3v) is 4.51. The van der Waals surface area contributed by atoms with E-state index in [1.807, 2.05) is 32.0 Å². The molecule has 0 heterocycles. The second-order valence-electron chi connectivity index (χ2n) is 5.25. The summed E-state index contributed by atoms with van der Waals surface area (Å²) in [5.41, 5.74) is 2.95. The molecule has 6 heteroatoms. The van der Waals surface area contributed by atoms with E-state index in [1.165, 1.54) is 22.9 Å². The minimum absolute atomic E-state index is 0.160. The number of benzene rings is 2. The molecule has 126 valence electrons. The van der Waals surface area contributed by atoms with Gasteiger partial charge in [-0.05, 0) is 55.3 Å². The van der Waals surface area contributed by atoms with Gasteiger partial charge in [0.15, 0.2) is 6.61 Å². The first-order chi connectivity index (χ1) is 11.4. The minimum Gasteiger partial charge on any atom is -0.455 e. The molecular weight excluding hydrogens is 346 g/mol. The van der Waals surface area contributed by atoms with Gasteiger partial charge in [0.25, 0.3) is 5.91 Å². The molecule has 0 saturated carbocycles. The van der Waals surface area contributed by atoms with E-state index in [9.17, 15) is 9.59 Å². The maximum absolute atomic E-state index is 11.7. The Balaban J connectivity index is 1.74. The molecule has 0 atom stereocenters. The van der Waals surface area contributed by atoms with Crippen molar-refractivity contribution < 1.29 is 14.3 Å².